The van der Waals surface area contributed by atoms with Gasteiger partial charge in [-0.05, 0) is 31.0 Å². The monoisotopic (exact) mass is 245 g/mol. The van der Waals surface area contributed by atoms with Crippen molar-refractivity contribution in [1.82, 2.24) is 4.90 Å². The molecule has 3 rings (SSSR count). The van der Waals surface area contributed by atoms with Gasteiger partial charge in [-0.1, -0.05) is 0 Å². The Labute approximate surface area is 106 Å². The Morgan fingerprint density at radius 2 is 1.83 bits per heavy atom. The maximum Gasteiger partial charge on any atom is 0.126 e. The van der Waals surface area contributed by atoms with Crippen LogP contribution in [0.2, 0.25) is 0 Å². The molecule has 2 fully saturated rings. The molecule has 0 spiro atoms. The minimum absolute atomic E-state index is 0.325. The summed E-state index contributed by atoms with van der Waals surface area (Å²) in [6.07, 6.45) is 2.66. The number of benzene rings is 1. The van der Waals surface area contributed by atoms with E-state index in [0.717, 1.165) is 37.9 Å². The Hall–Kier alpha value is -1.60. The maximum atomic E-state index is 13.4. The molecule has 0 N–H and O–H groups in total. The van der Waals surface area contributed by atoms with Gasteiger partial charge in [0.05, 0.1) is 11.6 Å². The first-order chi connectivity index (χ1) is 8.76. The van der Waals surface area contributed by atoms with Crippen LogP contribution in [0.25, 0.3) is 0 Å². The van der Waals surface area contributed by atoms with Crippen LogP contribution in [0.1, 0.15) is 18.4 Å². The van der Waals surface area contributed by atoms with Crippen LogP contribution in [0.4, 0.5) is 10.1 Å². The van der Waals surface area contributed by atoms with E-state index < -0.39 is 0 Å². The van der Waals surface area contributed by atoms with Crippen molar-refractivity contribution in [3.63, 3.8) is 0 Å². The van der Waals surface area contributed by atoms with Gasteiger partial charge in [-0.3, -0.25) is 4.90 Å². The molecule has 4 heteroatoms. The normalized spacial score (nSPS) is 20.8. The zero-order valence-electron chi connectivity index (χ0n) is 10.3. The van der Waals surface area contributed by atoms with Crippen molar-refractivity contribution < 1.29 is 4.39 Å². The van der Waals surface area contributed by atoms with E-state index in [9.17, 15) is 4.39 Å². The summed E-state index contributed by atoms with van der Waals surface area (Å²) < 4.78 is 13.4. The van der Waals surface area contributed by atoms with Gasteiger partial charge in [0.25, 0.3) is 0 Å². The van der Waals surface area contributed by atoms with Crippen molar-refractivity contribution in [2.45, 2.75) is 18.9 Å². The third kappa shape index (κ3) is 2.32. The molecule has 3 nitrogen and oxygen atoms in total. The maximum absolute atomic E-state index is 13.4. The zero-order valence-corrected chi connectivity index (χ0v) is 10.3. The van der Waals surface area contributed by atoms with Crippen molar-refractivity contribution in [2.24, 2.45) is 0 Å². The first kappa shape index (κ1) is 11.5. The Morgan fingerprint density at radius 3 is 2.44 bits per heavy atom. The smallest absolute Gasteiger partial charge is 0.126 e. The van der Waals surface area contributed by atoms with E-state index in [1.54, 1.807) is 6.07 Å². The Bertz CT molecular complexity index is 482. The summed E-state index contributed by atoms with van der Waals surface area (Å²) in [5.74, 6) is -0.325. The Morgan fingerprint density at radius 1 is 1.11 bits per heavy atom. The van der Waals surface area contributed by atoms with Gasteiger partial charge in [-0.15, -0.1) is 0 Å². The average Bonchev–Trinajstić information content (AvgIpc) is 3.22. The second-order valence-corrected chi connectivity index (χ2v) is 5.06. The van der Waals surface area contributed by atoms with E-state index in [0.29, 0.717) is 5.56 Å². The highest BCUT2D eigenvalue weighted by Gasteiger charge is 2.31. The molecular formula is C14H16FN3. The van der Waals surface area contributed by atoms with Gasteiger partial charge >= 0.3 is 0 Å². The third-order valence-corrected chi connectivity index (χ3v) is 3.75. The van der Waals surface area contributed by atoms with E-state index in [1.165, 1.54) is 25.0 Å². The molecule has 0 unspecified atom stereocenters. The first-order valence-electron chi connectivity index (χ1n) is 6.46. The molecule has 0 amide bonds. The number of piperazine rings is 1. The number of nitriles is 1. The molecule has 1 saturated carbocycles. The van der Waals surface area contributed by atoms with Crippen LogP contribution in [0, 0.1) is 17.1 Å². The fourth-order valence-corrected chi connectivity index (χ4v) is 2.61. The minimum Gasteiger partial charge on any atom is -0.369 e. The number of rotatable bonds is 2. The van der Waals surface area contributed by atoms with Crippen molar-refractivity contribution >= 4 is 5.69 Å². The summed E-state index contributed by atoms with van der Waals surface area (Å²) in [6.45, 7) is 3.93. The van der Waals surface area contributed by atoms with Gasteiger partial charge < -0.3 is 4.90 Å². The second kappa shape index (κ2) is 4.58. The van der Waals surface area contributed by atoms with E-state index in [4.69, 9.17) is 5.26 Å². The van der Waals surface area contributed by atoms with Crippen molar-refractivity contribution in [3.8, 4) is 6.07 Å². The fraction of sp³-hybridized carbons (Fsp3) is 0.500. The molecule has 1 saturated heterocycles. The average molecular weight is 245 g/mol. The van der Waals surface area contributed by atoms with Crippen LogP contribution < -0.4 is 4.90 Å². The molecule has 18 heavy (non-hydrogen) atoms. The van der Waals surface area contributed by atoms with Gasteiger partial charge in [0.15, 0.2) is 0 Å². The lowest BCUT2D eigenvalue weighted by molar-refractivity contribution is 0.248. The molecule has 1 aromatic carbocycles. The second-order valence-electron chi connectivity index (χ2n) is 5.06. The standard InChI is InChI=1S/C14H16FN3/c15-12-7-11(10-16)8-14(9-12)18-5-3-17(4-6-18)13-1-2-13/h7-9,13H,1-6H2. The fourth-order valence-electron chi connectivity index (χ4n) is 2.61. The molecule has 0 atom stereocenters. The summed E-state index contributed by atoms with van der Waals surface area (Å²) in [5, 5.41) is 8.86. The number of anilines is 1. The molecule has 0 aromatic heterocycles. The van der Waals surface area contributed by atoms with E-state index in [1.807, 2.05) is 6.07 Å². The quantitative estimate of drug-likeness (QED) is 0.798. The molecule has 0 bridgehead atoms. The Balaban J connectivity index is 1.71. The zero-order chi connectivity index (χ0) is 12.5. The molecule has 1 aliphatic carbocycles. The van der Waals surface area contributed by atoms with Gasteiger partial charge in [0, 0.05) is 37.9 Å². The number of halogens is 1. The van der Waals surface area contributed by atoms with Crippen LogP contribution in [0.5, 0.6) is 0 Å². The van der Waals surface area contributed by atoms with Crippen LogP contribution in [0.15, 0.2) is 18.2 Å². The van der Waals surface area contributed by atoms with Gasteiger partial charge in [0.1, 0.15) is 5.82 Å². The Kier molecular flexibility index (Phi) is 2.92. The number of nitrogens with zero attached hydrogens (tertiary/aromatic N) is 3. The van der Waals surface area contributed by atoms with Crippen LogP contribution in [-0.4, -0.2) is 37.1 Å². The largest absolute Gasteiger partial charge is 0.369 e. The topological polar surface area (TPSA) is 30.3 Å². The molecule has 2 aliphatic rings. The van der Waals surface area contributed by atoms with E-state index in [-0.39, 0.29) is 5.82 Å². The first-order valence-corrected chi connectivity index (χ1v) is 6.46. The predicted octanol–water partition coefficient (Wildman–Crippen LogP) is 1.98. The molecule has 1 aliphatic heterocycles. The summed E-state index contributed by atoms with van der Waals surface area (Å²) in [5.41, 5.74) is 1.23. The van der Waals surface area contributed by atoms with Crippen molar-refractivity contribution in [1.29, 1.82) is 5.26 Å². The van der Waals surface area contributed by atoms with Crippen LogP contribution in [0.3, 0.4) is 0 Å². The van der Waals surface area contributed by atoms with Gasteiger partial charge in [-0.2, -0.15) is 5.26 Å². The molecule has 94 valence electrons. The van der Waals surface area contributed by atoms with Gasteiger partial charge in [-0.25, -0.2) is 4.39 Å². The van der Waals surface area contributed by atoms with Crippen molar-refractivity contribution in [3.05, 3.63) is 29.6 Å². The lowest BCUT2D eigenvalue weighted by atomic mass is 10.1. The lowest BCUT2D eigenvalue weighted by Crippen LogP contribution is -2.47. The van der Waals surface area contributed by atoms with E-state index >= 15 is 0 Å². The lowest BCUT2D eigenvalue weighted by Gasteiger charge is -2.36. The highest BCUT2D eigenvalue weighted by Crippen LogP contribution is 2.28. The summed E-state index contributed by atoms with van der Waals surface area (Å²) in [7, 11) is 0. The van der Waals surface area contributed by atoms with E-state index in [2.05, 4.69) is 9.80 Å². The summed E-state index contributed by atoms with van der Waals surface area (Å²) >= 11 is 0. The highest BCUT2D eigenvalue weighted by atomic mass is 19.1. The number of hydrogen-bond donors (Lipinski definition) is 0. The molecule has 0 radical (unpaired) electrons. The molecule has 1 aromatic rings. The van der Waals surface area contributed by atoms with Crippen LogP contribution in [-0.2, 0) is 0 Å². The van der Waals surface area contributed by atoms with Crippen LogP contribution >= 0.6 is 0 Å². The molecular weight excluding hydrogens is 229 g/mol. The van der Waals surface area contributed by atoms with Gasteiger partial charge in [0.2, 0.25) is 0 Å². The SMILES string of the molecule is N#Cc1cc(F)cc(N2CCN(C3CC3)CC2)c1. The highest BCUT2D eigenvalue weighted by molar-refractivity contribution is 5.52. The summed E-state index contributed by atoms with van der Waals surface area (Å²) in [4.78, 5) is 4.68. The predicted molar refractivity (Wildman–Crippen MR) is 67.9 cm³/mol. The minimum atomic E-state index is -0.325. The number of hydrogen-bond acceptors (Lipinski definition) is 3. The third-order valence-electron chi connectivity index (χ3n) is 3.75. The van der Waals surface area contributed by atoms with Crippen molar-refractivity contribution in [2.75, 3.05) is 31.1 Å². The summed E-state index contributed by atoms with van der Waals surface area (Å²) in [6, 6.07) is 7.38. The molecule has 1 heterocycles.